The lowest BCUT2D eigenvalue weighted by molar-refractivity contribution is 0.287. The van der Waals surface area contributed by atoms with Crippen molar-refractivity contribution < 1.29 is 9.15 Å². The second-order valence-electron chi connectivity index (χ2n) is 10.4. The number of furan rings is 1. The highest BCUT2D eigenvalue weighted by atomic mass is 16.5. The molecule has 4 N–H and O–H groups in total. The molecule has 0 amide bonds. The van der Waals surface area contributed by atoms with Gasteiger partial charge in [-0.2, -0.15) is 10.4 Å². The maximum atomic E-state index is 8.75. The summed E-state index contributed by atoms with van der Waals surface area (Å²) in [7, 11) is 0. The van der Waals surface area contributed by atoms with Gasteiger partial charge < -0.3 is 20.2 Å². The topological polar surface area (TPSA) is 126 Å². The minimum Gasteiger partial charge on any atom is -0.490 e. The van der Waals surface area contributed by atoms with Crippen LogP contribution in [-0.2, 0) is 13.0 Å². The van der Waals surface area contributed by atoms with E-state index in [1.807, 2.05) is 60.7 Å². The van der Waals surface area contributed by atoms with Crippen LogP contribution >= 0.6 is 0 Å². The van der Waals surface area contributed by atoms with Crippen molar-refractivity contribution in [2.75, 3.05) is 13.2 Å². The van der Waals surface area contributed by atoms with E-state index in [1.165, 1.54) is 5.56 Å². The van der Waals surface area contributed by atoms with E-state index >= 15 is 0 Å². The predicted octanol–water partition coefficient (Wildman–Crippen LogP) is 6.50. The molecule has 0 unspecified atom stereocenters. The number of nitrogens with two attached hydrogens (primary N) is 1. The van der Waals surface area contributed by atoms with Gasteiger partial charge in [0, 0.05) is 35.5 Å². The lowest BCUT2D eigenvalue weighted by atomic mass is 9.97. The van der Waals surface area contributed by atoms with Crippen LogP contribution in [-0.4, -0.2) is 34.4 Å². The van der Waals surface area contributed by atoms with E-state index in [0.29, 0.717) is 37.6 Å². The Hall–Kier alpha value is -5.23. The molecule has 8 nitrogen and oxygen atoms in total. The van der Waals surface area contributed by atoms with Gasteiger partial charge in [0.1, 0.15) is 23.8 Å². The van der Waals surface area contributed by atoms with Crippen LogP contribution in [0.3, 0.4) is 0 Å². The molecule has 1 atom stereocenters. The van der Waals surface area contributed by atoms with Gasteiger partial charge in [0.15, 0.2) is 5.76 Å². The van der Waals surface area contributed by atoms with E-state index in [9.17, 15) is 0 Å². The van der Waals surface area contributed by atoms with Crippen molar-refractivity contribution in [1.29, 1.82) is 5.26 Å². The SMILES string of the molecule is N#CCCNCc1ccc(-c2n[nH]c3ccc(-c4cc(OC[C@@H](N)Cc5ccccc5)cnc4-c4ccccc4)cc23)o1. The molecule has 3 aromatic carbocycles. The van der Waals surface area contributed by atoms with E-state index in [-0.39, 0.29) is 6.04 Å². The summed E-state index contributed by atoms with van der Waals surface area (Å²) in [6.07, 6.45) is 2.94. The van der Waals surface area contributed by atoms with E-state index in [1.54, 1.807) is 6.20 Å². The number of ether oxygens (including phenoxy) is 1. The fourth-order valence-electron chi connectivity index (χ4n) is 5.08. The zero-order valence-corrected chi connectivity index (χ0v) is 23.7. The summed E-state index contributed by atoms with van der Waals surface area (Å²) in [4.78, 5) is 4.85. The average molecular weight is 569 g/mol. The molecule has 0 saturated carbocycles. The Morgan fingerprint density at radius 1 is 0.930 bits per heavy atom. The van der Waals surface area contributed by atoms with E-state index < -0.39 is 0 Å². The lowest BCUT2D eigenvalue weighted by Gasteiger charge is -2.16. The minimum atomic E-state index is -0.149. The normalized spacial score (nSPS) is 11.8. The standard InChI is InChI=1S/C35H32N6O2/c36-16-7-17-38-21-28-13-15-33(43-28)35-31-19-26(12-14-32(31)40-41-35)30-20-29(22-39-34(30)25-10-5-2-6-11-25)42-23-27(37)18-24-8-3-1-4-9-24/h1-6,8-15,19-20,22,27,38H,7,17-18,21,23,37H2,(H,40,41)/t27-/m0/s1. The average Bonchev–Trinajstić information content (AvgIpc) is 3.70. The number of benzene rings is 3. The lowest BCUT2D eigenvalue weighted by Crippen LogP contribution is -2.30. The number of nitriles is 1. The van der Waals surface area contributed by atoms with Crippen molar-refractivity contribution in [2.45, 2.75) is 25.4 Å². The zero-order valence-electron chi connectivity index (χ0n) is 23.7. The summed E-state index contributed by atoms with van der Waals surface area (Å²) >= 11 is 0. The van der Waals surface area contributed by atoms with Crippen molar-refractivity contribution in [3.8, 4) is 45.7 Å². The first-order chi connectivity index (χ1) is 21.2. The molecule has 0 bridgehead atoms. The second kappa shape index (κ2) is 13.2. The monoisotopic (exact) mass is 568 g/mol. The van der Waals surface area contributed by atoms with Crippen molar-refractivity contribution in [3.63, 3.8) is 0 Å². The van der Waals surface area contributed by atoms with Crippen molar-refractivity contribution in [1.82, 2.24) is 20.5 Å². The van der Waals surface area contributed by atoms with Gasteiger partial charge in [-0.05, 0) is 47.9 Å². The Bertz CT molecular complexity index is 1840. The number of nitrogens with zero attached hydrogens (tertiary/aromatic N) is 3. The predicted molar refractivity (Wildman–Crippen MR) is 168 cm³/mol. The third-order valence-corrected chi connectivity index (χ3v) is 7.20. The second-order valence-corrected chi connectivity index (χ2v) is 10.4. The quantitative estimate of drug-likeness (QED) is 0.144. The largest absolute Gasteiger partial charge is 0.490 e. The van der Waals surface area contributed by atoms with Crippen LogP contribution in [0.25, 0.3) is 44.7 Å². The number of fused-ring (bicyclic) bond motifs is 1. The van der Waals surface area contributed by atoms with Crippen molar-refractivity contribution in [3.05, 3.63) is 115 Å². The molecule has 0 aliphatic rings. The van der Waals surface area contributed by atoms with Gasteiger partial charge in [-0.25, -0.2) is 0 Å². The number of nitrogens with one attached hydrogen (secondary N) is 2. The molecular formula is C35H32N6O2. The van der Waals surface area contributed by atoms with Crippen molar-refractivity contribution in [2.24, 2.45) is 5.73 Å². The maximum Gasteiger partial charge on any atom is 0.155 e. The third kappa shape index (κ3) is 6.65. The Labute approximate surface area is 250 Å². The van der Waals surface area contributed by atoms with E-state index in [0.717, 1.165) is 51.2 Å². The Kier molecular flexibility index (Phi) is 8.55. The van der Waals surface area contributed by atoms with Crippen LogP contribution in [0, 0.1) is 11.3 Å². The van der Waals surface area contributed by atoms with Gasteiger partial charge >= 0.3 is 0 Å². The molecular weight excluding hydrogens is 536 g/mol. The third-order valence-electron chi connectivity index (χ3n) is 7.20. The van der Waals surface area contributed by atoms with Gasteiger partial charge in [-0.3, -0.25) is 10.1 Å². The molecule has 0 saturated heterocycles. The summed E-state index contributed by atoms with van der Waals surface area (Å²) in [5.74, 6) is 2.11. The summed E-state index contributed by atoms with van der Waals surface area (Å²) in [6.45, 7) is 1.53. The highest BCUT2D eigenvalue weighted by molar-refractivity contribution is 5.96. The highest BCUT2D eigenvalue weighted by Gasteiger charge is 2.17. The van der Waals surface area contributed by atoms with E-state index in [4.69, 9.17) is 25.1 Å². The number of aromatic nitrogens is 3. The maximum absolute atomic E-state index is 8.75. The van der Waals surface area contributed by atoms with Gasteiger partial charge in [0.2, 0.25) is 0 Å². The summed E-state index contributed by atoms with van der Waals surface area (Å²) in [5, 5.41) is 20.6. The summed E-state index contributed by atoms with van der Waals surface area (Å²) in [5.41, 5.74) is 13.0. The molecule has 43 heavy (non-hydrogen) atoms. The van der Waals surface area contributed by atoms with Gasteiger partial charge in [-0.15, -0.1) is 0 Å². The highest BCUT2D eigenvalue weighted by Crippen LogP contribution is 2.36. The first kappa shape index (κ1) is 27.9. The molecule has 214 valence electrons. The molecule has 8 heteroatoms. The van der Waals surface area contributed by atoms with Crippen LogP contribution in [0.5, 0.6) is 5.75 Å². The zero-order chi connectivity index (χ0) is 29.4. The number of hydrogen-bond acceptors (Lipinski definition) is 7. The van der Waals surface area contributed by atoms with Gasteiger partial charge in [0.25, 0.3) is 0 Å². The van der Waals surface area contributed by atoms with Gasteiger partial charge in [0.05, 0.1) is 30.0 Å². The fourth-order valence-corrected chi connectivity index (χ4v) is 5.08. The van der Waals surface area contributed by atoms with Gasteiger partial charge in [-0.1, -0.05) is 66.7 Å². The number of pyridine rings is 1. The van der Waals surface area contributed by atoms with Crippen molar-refractivity contribution >= 4 is 10.9 Å². The number of hydrogen-bond donors (Lipinski definition) is 3. The first-order valence-corrected chi connectivity index (χ1v) is 14.3. The van der Waals surface area contributed by atoms with Crippen LogP contribution in [0.4, 0.5) is 0 Å². The van der Waals surface area contributed by atoms with Crippen LogP contribution in [0.1, 0.15) is 17.7 Å². The molecule has 3 heterocycles. The summed E-state index contributed by atoms with van der Waals surface area (Å²) in [6, 6.07) is 34.4. The summed E-state index contributed by atoms with van der Waals surface area (Å²) < 4.78 is 12.3. The molecule has 0 aliphatic heterocycles. The Balaban J connectivity index is 1.30. The number of H-pyrrole nitrogens is 1. The fraction of sp³-hybridized carbons (Fsp3) is 0.171. The molecule has 3 aromatic heterocycles. The van der Waals surface area contributed by atoms with E-state index in [2.05, 4.69) is 58.0 Å². The molecule has 0 fully saturated rings. The minimum absolute atomic E-state index is 0.149. The molecule has 0 spiro atoms. The number of rotatable bonds is 12. The van der Waals surface area contributed by atoms with Crippen LogP contribution < -0.4 is 15.8 Å². The Morgan fingerprint density at radius 3 is 2.56 bits per heavy atom. The molecule has 0 aliphatic carbocycles. The number of aromatic amines is 1. The molecule has 0 radical (unpaired) electrons. The molecule has 6 aromatic rings. The first-order valence-electron chi connectivity index (χ1n) is 14.3. The Morgan fingerprint density at radius 2 is 1.74 bits per heavy atom. The smallest absolute Gasteiger partial charge is 0.155 e. The van der Waals surface area contributed by atoms with Crippen LogP contribution in [0.15, 0.2) is 108 Å². The van der Waals surface area contributed by atoms with Crippen LogP contribution in [0.2, 0.25) is 0 Å². The molecule has 6 rings (SSSR count).